The normalized spacial score (nSPS) is 11.1. The number of carbonyl (C=O) groups excluding carboxylic acids is 1. The summed E-state index contributed by atoms with van der Waals surface area (Å²) in [5, 5.41) is 7.41. The number of hydrogen-bond acceptors (Lipinski definition) is 7. The Kier molecular flexibility index (Phi) is 7.85. The number of halogens is 1. The van der Waals surface area contributed by atoms with Gasteiger partial charge in [0, 0.05) is 28.9 Å². The Hall–Kier alpha value is -2.93. The second-order valence-electron chi connectivity index (χ2n) is 6.89. The van der Waals surface area contributed by atoms with Crippen LogP contribution in [0.4, 0.5) is 23.1 Å². The quantitative estimate of drug-likeness (QED) is 0.298. The number of aromatic nitrogens is 2. The van der Waals surface area contributed by atoms with Crippen LogP contribution in [0.3, 0.4) is 0 Å². The van der Waals surface area contributed by atoms with Gasteiger partial charge in [0.15, 0.2) is 5.82 Å². The van der Waals surface area contributed by atoms with Gasteiger partial charge in [-0.1, -0.05) is 37.6 Å². The van der Waals surface area contributed by atoms with Crippen LogP contribution in [0.2, 0.25) is 5.02 Å². The molecule has 0 saturated carbocycles. The van der Waals surface area contributed by atoms with Crippen LogP contribution in [0.1, 0.15) is 24.2 Å². The smallest absolute Gasteiger partial charge is 0.274 e. The zero-order valence-electron chi connectivity index (χ0n) is 18.1. The van der Waals surface area contributed by atoms with Crippen molar-refractivity contribution in [2.75, 3.05) is 30.1 Å². The van der Waals surface area contributed by atoms with Crippen molar-refractivity contribution >= 4 is 53.1 Å². The maximum absolute atomic E-state index is 13.3. The van der Waals surface area contributed by atoms with Crippen LogP contribution in [-0.2, 0) is 9.40 Å². The van der Waals surface area contributed by atoms with E-state index in [0.717, 1.165) is 5.30 Å². The van der Waals surface area contributed by atoms with E-state index in [0.29, 0.717) is 46.1 Å². The lowest BCUT2D eigenvalue weighted by atomic mass is 10.2. The average Bonchev–Trinajstić information content (AvgIpc) is 2.81. The van der Waals surface area contributed by atoms with E-state index in [2.05, 4.69) is 30.9 Å². The van der Waals surface area contributed by atoms with E-state index in [1.807, 2.05) is 38.1 Å². The minimum absolute atomic E-state index is 0.317. The summed E-state index contributed by atoms with van der Waals surface area (Å²) in [4.78, 5) is 25.1. The molecule has 10 heteroatoms. The van der Waals surface area contributed by atoms with E-state index < -0.39 is 7.14 Å². The van der Waals surface area contributed by atoms with Crippen molar-refractivity contribution in [3.05, 3.63) is 65.3 Å². The zero-order valence-corrected chi connectivity index (χ0v) is 19.7. The van der Waals surface area contributed by atoms with E-state index in [4.69, 9.17) is 11.6 Å². The first-order valence-electron chi connectivity index (χ1n) is 10.1. The molecule has 0 fully saturated rings. The molecule has 1 aromatic heterocycles. The Labute approximate surface area is 192 Å². The molecule has 0 saturated heterocycles. The topological polar surface area (TPSA) is 105 Å². The molecular weight excluding hydrogens is 449 g/mol. The summed E-state index contributed by atoms with van der Waals surface area (Å²) in [6.07, 6.45) is 2.64. The summed E-state index contributed by atoms with van der Waals surface area (Å²) in [5.41, 5.74) is 4.11. The van der Waals surface area contributed by atoms with E-state index >= 15 is 0 Å². The van der Waals surface area contributed by atoms with E-state index in [1.165, 1.54) is 13.3 Å². The summed E-state index contributed by atoms with van der Waals surface area (Å²) in [5.74, 6) is 0.368. The lowest BCUT2D eigenvalue weighted by molar-refractivity contribution is 0.0537. The Morgan fingerprint density at radius 3 is 2.41 bits per heavy atom. The molecule has 0 aliphatic carbocycles. The molecule has 32 heavy (non-hydrogen) atoms. The molecule has 8 nitrogen and oxygen atoms in total. The third kappa shape index (κ3) is 5.46. The summed E-state index contributed by atoms with van der Waals surface area (Å²) in [7, 11) is -1.14. The first kappa shape index (κ1) is 23.7. The van der Waals surface area contributed by atoms with Gasteiger partial charge in [0.2, 0.25) is 5.95 Å². The van der Waals surface area contributed by atoms with Crippen molar-refractivity contribution in [2.24, 2.45) is 0 Å². The first-order chi connectivity index (χ1) is 15.4. The highest BCUT2D eigenvalue weighted by atomic mass is 35.5. The maximum Gasteiger partial charge on any atom is 0.274 e. The van der Waals surface area contributed by atoms with Crippen molar-refractivity contribution in [3.63, 3.8) is 0 Å². The van der Waals surface area contributed by atoms with Gasteiger partial charge < -0.3 is 15.2 Å². The van der Waals surface area contributed by atoms with Gasteiger partial charge in [-0.25, -0.2) is 10.5 Å². The lowest BCUT2D eigenvalue weighted by Gasteiger charge is -2.19. The Morgan fingerprint density at radius 1 is 1.06 bits per heavy atom. The van der Waals surface area contributed by atoms with Crippen LogP contribution >= 0.6 is 18.7 Å². The van der Waals surface area contributed by atoms with Gasteiger partial charge >= 0.3 is 0 Å². The van der Waals surface area contributed by atoms with Crippen LogP contribution in [-0.4, -0.2) is 35.3 Å². The summed E-state index contributed by atoms with van der Waals surface area (Å²) in [6.45, 7) is 3.87. The van der Waals surface area contributed by atoms with E-state index in [-0.39, 0.29) is 5.91 Å². The standard InChI is InChI=1S/C22H25ClN5O3P/c1-4-32(30,5-2)19-9-7-6-8-18(19)26-20-17(23)14-24-22(27-20)25-16-12-10-15(11-13-16)21(29)28-31-3/h6-14H,4-5H2,1-3H3,(H,28,29)(H2,24,25,26,27). The molecule has 0 aliphatic rings. The SMILES string of the molecule is CCP(=O)(CC)c1ccccc1Nc1nc(Nc2ccc(C(=O)NOC)cc2)ncc1Cl. The molecule has 3 aromatic rings. The van der Waals surface area contributed by atoms with Gasteiger partial charge in [-0.3, -0.25) is 9.63 Å². The summed E-state index contributed by atoms with van der Waals surface area (Å²) < 4.78 is 13.3. The highest BCUT2D eigenvalue weighted by Crippen LogP contribution is 2.45. The fourth-order valence-corrected chi connectivity index (χ4v) is 5.32. The van der Waals surface area contributed by atoms with Gasteiger partial charge in [0.1, 0.15) is 12.2 Å². The molecule has 0 atom stereocenters. The largest absolute Gasteiger partial charge is 0.338 e. The Balaban J connectivity index is 1.83. The predicted octanol–water partition coefficient (Wildman–Crippen LogP) is 4.94. The number of carbonyl (C=O) groups is 1. The van der Waals surface area contributed by atoms with Gasteiger partial charge in [-0.15, -0.1) is 0 Å². The maximum atomic E-state index is 13.3. The molecule has 3 N–H and O–H groups in total. The summed E-state index contributed by atoms with van der Waals surface area (Å²) in [6, 6.07) is 14.2. The molecule has 0 aliphatic heterocycles. The summed E-state index contributed by atoms with van der Waals surface area (Å²) >= 11 is 6.33. The van der Waals surface area contributed by atoms with Crippen LogP contribution < -0.4 is 21.4 Å². The van der Waals surface area contributed by atoms with Crippen molar-refractivity contribution < 1.29 is 14.2 Å². The van der Waals surface area contributed by atoms with Gasteiger partial charge in [-0.05, 0) is 36.4 Å². The highest BCUT2D eigenvalue weighted by molar-refractivity contribution is 7.71. The van der Waals surface area contributed by atoms with Crippen LogP contribution in [0.25, 0.3) is 0 Å². The molecule has 0 spiro atoms. The fraction of sp³-hybridized carbons (Fsp3) is 0.227. The van der Waals surface area contributed by atoms with Gasteiger partial charge in [-0.2, -0.15) is 4.98 Å². The van der Waals surface area contributed by atoms with Gasteiger partial charge in [0.25, 0.3) is 5.91 Å². The third-order valence-electron chi connectivity index (χ3n) is 4.96. The number of anilines is 4. The number of amides is 1. The number of hydrogen-bond donors (Lipinski definition) is 3. The molecule has 0 unspecified atom stereocenters. The number of rotatable bonds is 9. The first-order valence-corrected chi connectivity index (χ1v) is 12.5. The van der Waals surface area contributed by atoms with Crippen molar-refractivity contribution in [3.8, 4) is 0 Å². The van der Waals surface area contributed by atoms with Crippen molar-refractivity contribution in [2.45, 2.75) is 13.8 Å². The Bertz CT molecular complexity index is 1130. The van der Waals surface area contributed by atoms with Crippen molar-refractivity contribution in [1.82, 2.24) is 15.4 Å². The number of para-hydroxylation sites is 1. The molecular formula is C22H25ClN5O3P. The van der Waals surface area contributed by atoms with Crippen LogP contribution in [0.5, 0.6) is 0 Å². The molecule has 0 bridgehead atoms. The average molecular weight is 474 g/mol. The molecule has 3 rings (SSSR count). The van der Waals surface area contributed by atoms with E-state index in [1.54, 1.807) is 24.3 Å². The molecule has 2 aromatic carbocycles. The molecule has 1 heterocycles. The van der Waals surface area contributed by atoms with Crippen molar-refractivity contribution in [1.29, 1.82) is 0 Å². The van der Waals surface area contributed by atoms with Crippen LogP contribution in [0, 0.1) is 0 Å². The van der Waals surface area contributed by atoms with Gasteiger partial charge in [0.05, 0.1) is 19.0 Å². The molecule has 0 radical (unpaired) electrons. The van der Waals surface area contributed by atoms with Crippen LogP contribution in [0.15, 0.2) is 54.7 Å². The monoisotopic (exact) mass is 473 g/mol. The Morgan fingerprint density at radius 2 is 1.75 bits per heavy atom. The number of benzene rings is 2. The third-order valence-corrected chi connectivity index (χ3v) is 8.55. The second-order valence-corrected chi connectivity index (χ2v) is 10.8. The second kappa shape index (κ2) is 10.6. The molecule has 168 valence electrons. The minimum atomic E-state index is -2.51. The molecule has 1 amide bonds. The zero-order chi connectivity index (χ0) is 23.1. The fourth-order valence-electron chi connectivity index (χ4n) is 3.13. The highest BCUT2D eigenvalue weighted by Gasteiger charge is 2.23. The predicted molar refractivity (Wildman–Crippen MR) is 129 cm³/mol. The number of nitrogens with zero attached hydrogens (tertiary/aromatic N) is 2. The lowest BCUT2D eigenvalue weighted by Crippen LogP contribution is -2.21. The number of nitrogens with one attached hydrogen (secondary N) is 3. The van der Waals surface area contributed by atoms with E-state index in [9.17, 15) is 9.36 Å². The number of hydroxylamine groups is 1. The minimum Gasteiger partial charge on any atom is -0.338 e.